The molecule has 3 nitrogen and oxygen atoms in total. The summed E-state index contributed by atoms with van der Waals surface area (Å²) >= 11 is 1.86. The first kappa shape index (κ1) is 16.0. The van der Waals surface area contributed by atoms with Crippen LogP contribution < -0.4 is 16.0 Å². The maximum absolute atomic E-state index is 5.76. The molecule has 21 heavy (non-hydrogen) atoms. The van der Waals surface area contributed by atoms with Crippen molar-refractivity contribution in [3.05, 3.63) is 51.7 Å². The van der Waals surface area contributed by atoms with Gasteiger partial charge in [-0.15, -0.1) is 11.3 Å². The summed E-state index contributed by atoms with van der Waals surface area (Å²) < 4.78 is 5.70. The molecule has 0 bridgehead atoms. The third-order valence-corrected chi connectivity index (χ3v) is 4.66. The Bertz CT molecular complexity index is 553. The molecule has 0 aliphatic carbocycles. The summed E-state index contributed by atoms with van der Waals surface area (Å²) in [6.45, 7) is 5.04. The van der Waals surface area contributed by atoms with Gasteiger partial charge in [0.05, 0.1) is 12.6 Å². The molecule has 1 unspecified atom stereocenters. The zero-order valence-electron chi connectivity index (χ0n) is 12.8. The molecule has 1 atom stereocenters. The molecule has 0 spiro atoms. The number of benzene rings is 1. The second kappa shape index (κ2) is 8.17. The molecule has 0 radical (unpaired) electrons. The summed E-state index contributed by atoms with van der Waals surface area (Å²) in [7, 11) is 0. The van der Waals surface area contributed by atoms with Gasteiger partial charge < -0.3 is 4.74 Å². The van der Waals surface area contributed by atoms with Crippen LogP contribution in [-0.2, 0) is 12.8 Å². The van der Waals surface area contributed by atoms with Gasteiger partial charge in [0.15, 0.2) is 0 Å². The zero-order valence-corrected chi connectivity index (χ0v) is 13.6. The third-order valence-electron chi connectivity index (χ3n) is 3.41. The van der Waals surface area contributed by atoms with Crippen LogP contribution >= 0.6 is 11.3 Å². The topological polar surface area (TPSA) is 47.3 Å². The largest absolute Gasteiger partial charge is 0.494 e. The van der Waals surface area contributed by atoms with Gasteiger partial charge in [-0.25, -0.2) is 0 Å². The van der Waals surface area contributed by atoms with E-state index in [9.17, 15) is 0 Å². The molecule has 1 aromatic carbocycles. The summed E-state index contributed by atoms with van der Waals surface area (Å²) in [4.78, 5) is 2.77. The minimum atomic E-state index is 0.110. The molecular formula is C17H24N2OS. The highest BCUT2D eigenvalue weighted by Gasteiger charge is 2.13. The van der Waals surface area contributed by atoms with Crippen molar-refractivity contribution >= 4 is 11.3 Å². The Morgan fingerprint density at radius 1 is 1.19 bits per heavy atom. The van der Waals surface area contributed by atoms with Crippen molar-refractivity contribution < 1.29 is 4.74 Å². The van der Waals surface area contributed by atoms with E-state index in [0.717, 1.165) is 37.2 Å². The second-order valence-electron chi connectivity index (χ2n) is 5.07. The van der Waals surface area contributed by atoms with Crippen LogP contribution in [0.3, 0.4) is 0 Å². The molecule has 4 heteroatoms. The maximum Gasteiger partial charge on any atom is 0.119 e. The average molecular weight is 304 g/mol. The monoisotopic (exact) mass is 304 g/mol. The van der Waals surface area contributed by atoms with Gasteiger partial charge >= 0.3 is 0 Å². The number of hydrogen-bond acceptors (Lipinski definition) is 4. The highest BCUT2D eigenvalue weighted by molar-refractivity contribution is 7.11. The molecule has 0 amide bonds. The van der Waals surface area contributed by atoms with Crippen LogP contribution in [0.1, 0.15) is 41.6 Å². The quantitative estimate of drug-likeness (QED) is 0.575. The summed E-state index contributed by atoms with van der Waals surface area (Å²) in [5.41, 5.74) is 4.09. The summed E-state index contributed by atoms with van der Waals surface area (Å²) in [5.74, 6) is 6.67. The van der Waals surface area contributed by atoms with Crippen molar-refractivity contribution in [3.8, 4) is 5.75 Å². The van der Waals surface area contributed by atoms with E-state index in [-0.39, 0.29) is 6.04 Å². The van der Waals surface area contributed by atoms with Crippen LogP contribution in [0, 0.1) is 0 Å². The van der Waals surface area contributed by atoms with Gasteiger partial charge in [0.25, 0.3) is 0 Å². The predicted molar refractivity (Wildman–Crippen MR) is 89.7 cm³/mol. The molecule has 3 N–H and O–H groups in total. The third kappa shape index (κ3) is 4.56. The fourth-order valence-electron chi connectivity index (χ4n) is 2.24. The highest BCUT2D eigenvalue weighted by Crippen LogP contribution is 2.26. The summed E-state index contributed by atoms with van der Waals surface area (Å²) in [5, 5.41) is 0. The number of rotatable bonds is 8. The van der Waals surface area contributed by atoms with Crippen LogP contribution in [-0.4, -0.2) is 6.61 Å². The Morgan fingerprint density at radius 2 is 2.00 bits per heavy atom. The number of hydrogen-bond donors (Lipinski definition) is 2. The standard InChI is InChI=1S/C17H24N2OS/c1-3-10-20-14-7-5-6-13(11-14)17(19-18)12-16-9-8-15(4-2)21-16/h5-9,11,17,19H,3-4,10,12,18H2,1-2H3. The number of aryl methyl sites for hydroxylation is 1. The minimum Gasteiger partial charge on any atom is -0.494 e. The molecule has 114 valence electrons. The minimum absolute atomic E-state index is 0.110. The van der Waals surface area contributed by atoms with Gasteiger partial charge in [0, 0.05) is 16.2 Å². The molecule has 1 aromatic heterocycles. The fraction of sp³-hybridized carbons (Fsp3) is 0.412. The van der Waals surface area contributed by atoms with Crippen LogP contribution in [0.2, 0.25) is 0 Å². The Labute approximate surface area is 131 Å². The molecule has 0 fully saturated rings. The number of hydrazine groups is 1. The normalized spacial score (nSPS) is 12.3. The van der Waals surface area contributed by atoms with E-state index < -0.39 is 0 Å². The van der Waals surface area contributed by atoms with E-state index in [1.54, 1.807) is 0 Å². The SMILES string of the molecule is CCCOc1cccc(C(Cc2ccc(CC)s2)NN)c1. The van der Waals surface area contributed by atoms with E-state index >= 15 is 0 Å². The lowest BCUT2D eigenvalue weighted by atomic mass is 10.0. The first-order valence-corrected chi connectivity index (χ1v) is 8.35. The lowest BCUT2D eigenvalue weighted by Gasteiger charge is -2.16. The Morgan fingerprint density at radius 3 is 2.67 bits per heavy atom. The van der Waals surface area contributed by atoms with Crippen molar-refractivity contribution in [2.45, 2.75) is 39.2 Å². The van der Waals surface area contributed by atoms with E-state index in [4.69, 9.17) is 10.6 Å². The molecule has 0 saturated heterocycles. The first-order chi connectivity index (χ1) is 10.3. The Hall–Kier alpha value is -1.36. The molecule has 2 aromatic rings. The fourth-order valence-corrected chi connectivity index (χ4v) is 3.24. The second-order valence-corrected chi connectivity index (χ2v) is 6.32. The average Bonchev–Trinajstić information content (AvgIpc) is 2.98. The smallest absolute Gasteiger partial charge is 0.119 e. The molecule has 0 saturated carbocycles. The van der Waals surface area contributed by atoms with Gasteiger partial charge in [-0.05, 0) is 42.7 Å². The van der Waals surface area contributed by atoms with Crippen molar-refractivity contribution in [1.29, 1.82) is 0 Å². The van der Waals surface area contributed by atoms with Gasteiger partial charge in [-0.1, -0.05) is 26.0 Å². The highest BCUT2D eigenvalue weighted by atomic mass is 32.1. The van der Waals surface area contributed by atoms with Crippen molar-refractivity contribution in [2.75, 3.05) is 6.61 Å². The van der Waals surface area contributed by atoms with Crippen LogP contribution in [0.25, 0.3) is 0 Å². The van der Waals surface area contributed by atoms with E-state index in [0.29, 0.717) is 0 Å². The zero-order chi connectivity index (χ0) is 15.1. The number of nitrogens with one attached hydrogen (secondary N) is 1. The van der Waals surface area contributed by atoms with Crippen molar-refractivity contribution in [1.82, 2.24) is 5.43 Å². The van der Waals surface area contributed by atoms with Gasteiger partial charge in [-0.2, -0.15) is 0 Å². The summed E-state index contributed by atoms with van der Waals surface area (Å²) in [6.07, 6.45) is 3.00. The first-order valence-electron chi connectivity index (χ1n) is 7.53. The van der Waals surface area contributed by atoms with E-state index in [1.165, 1.54) is 9.75 Å². The van der Waals surface area contributed by atoms with Crippen molar-refractivity contribution in [2.24, 2.45) is 5.84 Å². The van der Waals surface area contributed by atoms with E-state index in [2.05, 4.69) is 43.5 Å². The lowest BCUT2D eigenvalue weighted by molar-refractivity contribution is 0.316. The van der Waals surface area contributed by atoms with Gasteiger partial charge in [0.2, 0.25) is 0 Å². The van der Waals surface area contributed by atoms with Gasteiger partial charge in [-0.3, -0.25) is 11.3 Å². The molecule has 1 heterocycles. The Balaban J connectivity index is 2.09. The number of thiophene rings is 1. The predicted octanol–water partition coefficient (Wildman–Crippen LogP) is 3.85. The van der Waals surface area contributed by atoms with Crippen LogP contribution in [0.4, 0.5) is 0 Å². The number of ether oxygens (including phenoxy) is 1. The number of nitrogens with two attached hydrogens (primary N) is 1. The molecular weight excluding hydrogens is 280 g/mol. The lowest BCUT2D eigenvalue weighted by Crippen LogP contribution is -2.29. The maximum atomic E-state index is 5.76. The van der Waals surface area contributed by atoms with Crippen LogP contribution in [0.5, 0.6) is 5.75 Å². The van der Waals surface area contributed by atoms with Crippen LogP contribution in [0.15, 0.2) is 36.4 Å². The molecule has 0 aliphatic rings. The van der Waals surface area contributed by atoms with E-state index in [1.807, 2.05) is 23.5 Å². The molecule has 2 rings (SSSR count). The summed E-state index contributed by atoms with van der Waals surface area (Å²) in [6, 6.07) is 12.7. The Kier molecular flexibility index (Phi) is 6.23. The molecule has 0 aliphatic heterocycles. The van der Waals surface area contributed by atoms with Crippen molar-refractivity contribution in [3.63, 3.8) is 0 Å². The van der Waals surface area contributed by atoms with Gasteiger partial charge in [0.1, 0.15) is 5.75 Å².